The van der Waals surface area contributed by atoms with Crippen LogP contribution in [0.25, 0.3) is 0 Å². The molecule has 0 amide bonds. The smallest absolute Gasteiger partial charge is 0.0781 e. The van der Waals surface area contributed by atoms with Crippen LogP contribution in [-0.4, -0.2) is 22.9 Å². The van der Waals surface area contributed by atoms with E-state index in [0.29, 0.717) is 6.42 Å². The van der Waals surface area contributed by atoms with Gasteiger partial charge < -0.3 is 10.2 Å². The van der Waals surface area contributed by atoms with Gasteiger partial charge in [0.15, 0.2) is 0 Å². The number of hydrogen-bond acceptors (Lipinski definition) is 2. The molecule has 0 saturated carbocycles. The number of hydrogen-bond donors (Lipinski definition) is 2. The van der Waals surface area contributed by atoms with Gasteiger partial charge in [0.25, 0.3) is 0 Å². The maximum Gasteiger partial charge on any atom is 0.0781 e. The molecular formula is C20H34O2. The van der Waals surface area contributed by atoms with Crippen LogP contribution in [0, 0.1) is 0 Å². The largest absolute Gasteiger partial charge is 0.392 e. The molecule has 0 aliphatic heterocycles. The second-order valence-electron chi connectivity index (χ2n) is 6.34. The molecule has 2 N–H and O–H groups in total. The maximum atomic E-state index is 10.2. The molecule has 0 aliphatic carbocycles. The van der Waals surface area contributed by atoms with Crippen molar-refractivity contribution in [2.24, 2.45) is 0 Å². The number of aliphatic hydroxyl groups is 2. The van der Waals surface area contributed by atoms with Crippen LogP contribution in [-0.2, 0) is 0 Å². The van der Waals surface area contributed by atoms with Crippen molar-refractivity contribution in [1.29, 1.82) is 0 Å². The molecule has 1 unspecified atom stereocenters. The summed E-state index contributed by atoms with van der Waals surface area (Å²) in [5.41, 5.74) is 4.92. The number of allylic oxidation sites excluding steroid dienone is 5. The molecule has 0 aromatic rings. The highest BCUT2D eigenvalue weighted by molar-refractivity contribution is 5.11. The zero-order chi connectivity index (χ0) is 17.0. The van der Waals surface area contributed by atoms with Crippen LogP contribution in [0.15, 0.2) is 46.6 Å². The molecule has 2 nitrogen and oxygen atoms in total. The van der Waals surface area contributed by atoms with Crippen LogP contribution in [0.1, 0.15) is 66.7 Å². The van der Waals surface area contributed by atoms with Gasteiger partial charge in [0.2, 0.25) is 0 Å². The van der Waals surface area contributed by atoms with Crippen LogP contribution in [0.4, 0.5) is 0 Å². The van der Waals surface area contributed by atoms with Crippen LogP contribution >= 0.6 is 0 Å². The van der Waals surface area contributed by atoms with Crippen LogP contribution < -0.4 is 0 Å². The van der Waals surface area contributed by atoms with Crippen LogP contribution in [0.3, 0.4) is 0 Å². The third-order valence-electron chi connectivity index (χ3n) is 3.75. The summed E-state index contributed by atoms with van der Waals surface area (Å²) < 4.78 is 0. The van der Waals surface area contributed by atoms with E-state index >= 15 is 0 Å². The van der Waals surface area contributed by atoms with Gasteiger partial charge in [-0.05, 0) is 72.3 Å². The van der Waals surface area contributed by atoms with E-state index in [4.69, 9.17) is 5.11 Å². The predicted molar refractivity (Wildman–Crippen MR) is 96.9 cm³/mol. The summed E-state index contributed by atoms with van der Waals surface area (Å²) in [5, 5.41) is 19.0. The number of rotatable bonds is 10. The Kier molecular flexibility index (Phi) is 11.8. The molecule has 126 valence electrons. The van der Waals surface area contributed by atoms with E-state index in [1.165, 1.54) is 16.7 Å². The van der Waals surface area contributed by atoms with Crippen molar-refractivity contribution in [3.05, 3.63) is 46.6 Å². The van der Waals surface area contributed by atoms with Crippen molar-refractivity contribution >= 4 is 0 Å². The molecule has 0 aromatic carbocycles. The van der Waals surface area contributed by atoms with Gasteiger partial charge in [-0.15, -0.1) is 0 Å². The van der Waals surface area contributed by atoms with E-state index in [1.54, 1.807) is 0 Å². The summed E-state index contributed by atoms with van der Waals surface area (Å²) >= 11 is 0. The van der Waals surface area contributed by atoms with Gasteiger partial charge in [0, 0.05) is 0 Å². The Hall–Kier alpha value is -1.12. The molecular weight excluding hydrogens is 272 g/mol. The summed E-state index contributed by atoms with van der Waals surface area (Å²) in [7, 11) is 0. The molecule has 0 bridgehead atoms. The van der Waals surface area contributed by atoms with Crippen LogP contribution in [0.2, 0.25) is 0 Å². The quantitative estimate of drug-likeness (QED) is 0.552. The van der Waals surface area contributed by atoms with Gasteiger partial charge in [-0.2, -0.15) is 0 Å². The van der Waals surface area contributed by atoms with Crippen LogP contribution in [0.5, 0.6) is 0 Å². The minimum atomic E-state index is -0.388. The van der Waals surface area contributed by atoms with E-state index in [9.17, 15) is 5.11 Å². The van der Waals surface area contributed by atoms with Gasteiger partial charge >= 0.3 is 0 Å². The second-order valence-corrected chi connectivity index (χ2v) is 6.34. The molecule has 0 saturated heterocycles. The van der Waals surface area contributed by atoms with Gasteiger partial charge in [0.05, 0.1) is 12.7 Å². The van der Waals surface area contributed by atoms with Gasteiger partial charge in [0.1, 0.15) is 0 Å². The van der Waals surface area contributed by atoms with Gasteiger partial charge in [-0.1, -0.05) is 41.0 Å². The molecule has 2 heteroatoms. The molecule has 0 aromatic heterocycles. The van der Waals surface area contributed by atoms with Crippen molar-refractivity contribution in [1.82, 2.24) is 0 Å². The van der Waals surface area contributed by atoms with E-state index in [2.05, 4.69) is 39.0 Å². The Labute approximate surface area is 137 Å². The fraction of sp³-hybridized carbons (Fsp3) is 0.600. The number of aliphatic hydroxyl groups excluding tert-OH is 2. The lowest BCUT2D eigenvalue weighted by molar-refractivity contribution is 0.213. The standard InChI is InChI=1S/C20H34O2/c1-16(2)8-6-9-17(3)12-13-20(22)19(5)11-7-10-18(4)14-15-21/h8,11-12,14,20-22H,6-7,9-10,13,15H2,1-5H3/b17-12+,18-14+,19-11?. The lowest BCUT2D eigenvalue weighted by Gasteiger charge is -2.10. The summed E-state index contributed by atoms with van der Waals surface area (Å²) in [5.74, 6) is 0. The predicted octanol–water partition coefficient (Wildman–Crippen LogP) is 5.10. The lowest BCUT2D eigenvalue weighted by atomic mass is 10.0. The fourth-order valence-corrected chi connectivity index (χ4v) is 2.11. The van der Waals surface area contributed by atoms with E-state index in [1.807, 2.05) is 19.9 Å². The fourth-order valence-electron chi connectivity index (χ4n) is 2.11. The first-order valence-corrected chi connectivity index (χ1v) is 8.27. The van der Waals surface area contributed by atoms with E-state index in [0.717, 1.165) is 31.3 Å². The van der Waals surface area contributed by atoms with Crippen molar-refractivity contribution in [2.75, 3.05) is 6.61 Å². The monoisotopic (exact) mass is 306 g/mol. The minimum Gasteiger partial charge on any atom is -0.392 e. The van der Waals surface area contributed by atoms with Gasteiger partial charge in [-0.25, -0.2) is 0 Å². The average Bonchev–Trinajstić information content (AvgIpc) is 2.44. The van der Waals surface area contributed by atoms with Gasteiger partial charge in [-0.3, -0.25) is 0 Å². The molecule has 22 heavy (non-hydrogen) atoms. The molecule has 0 rings (SSSR count). The molecule has 0 spiro atoms. The second kappa shape index (κ2) is 12.4. The van der Waals surface area contributed by atoms with Crippen molar-refractivity contribution < 1.29 is 10.2 Å². The summed E-state index contributed by atoms with van der Waals surface area (Å²) in [6.07, 6.45) is 12.6. The maximum absolute atomic E-state index is 10.2. The minimum absolute atomic E-state index is 0.105. The Morgan fingerprint density at radius 1 is 0.818 bits per heavy atom. The molecule has 0 fully saturated rings. The van der Waals surface area contributed by atoms with Crippen molar-refractivity contribution in [2.45, 2.75) is 72.8 Å². The Balaban J connectivity index is 4.20. The average molecular weight is 306 g/mol. The highest BCUT2D eigenvalue weighted by Crippen LogP contribution is 2.14. The zero-order valence-electron chi connectivity index (χ0n) is 15.0. The topological polar surface area (TPSA) is 40.5 Å². The molecule has 0 aliphatic rings. The first kappa shape index (κ1) is 20.9. The third kappa shape index (κ3) is 11.5. The summed E-state index contributed by atoms with van der Waals surface area (Å²) in [4.78, 5) is 0. The normalized spacial score (nSPS) is 15.0. The molecule has 1 atom stereocenters. The third-order valence-corrected chi connectivity index (χ3v) is 3.75. The lowest BCUT2D eigenvalue weighted by Crippen LogP contribution is -2.06. The SMILES string of the molecule is CC(C)=CCC/C(C)=C/CC(O)C(C)=CCC/C(C)=C/CO. The molecule has 0 radical (unpaired) electrons. The summed E-state index contributed by atoms with van der Waals surface area (Å²) in [6.45, 7) is 10.5. The highest BCUT2D eigenvalue weighted by atomic mass is 16.3. The van der Waals surface area contributed by atoms with E-state index < -0.39 is 0 Å². The first-order chi connectivity index (χ1) is 10.4. The Morgan fingerprint density at radius 2 is 1.36 bits per heavy atom. The van der Waals surface area contributed by atoms with E-state index in [-0.39, 0.29) is 12.7 Å². The Bertz CT molecular complexity index is 421. The highest BCUT2D eigenvalue weighted by Gasteiger charge is 2.04. The Morgan fingerprint density at radius 3 is 1.91 bits per heavy atom. The van der Waals surface area contributed by atoms with Crippen molar-refractivity contribution in [3.63, 3.8) is 0 Å². The zero-order valence-corrected chi connectivity index (χ0v) is 15.0. The summed E-state index contributed by atoms with van der Waals surface area (Å²) in [6, 6.07) is 0. The van der Waals surface area contributed by atoms with Crippen molar-refractivity contribution in [3.8, 4) is 0 Å². The molecule has 0 heterocycles. The first-order valence-electron chi connectivity index (χ1n) is 8.27.